The second-order valence-corrected chi connectivity index (χ2v) is 7.65. The molecule has 5 rings (SSSR count). The number of imidazole rings is 1. The van der Waals surface area contributed by atoms with E-state index < -0.39 is 0 Å². The van der Waals surface area contributed by atoms with Gasteiger partial charge in [-0.05, 0) is 44.4 Å². The van der Waals surface area contributed by atoms with Crippen molar-refractivity contribution in [2.75, 3.05) is 33.0 Å². The van der Waals surface area contributed by atoms with Gasteiger partial charge in [0.05, 0.1) is 23.1 Å². The van der Waals surface area contributed by atoms with Crippen LogP contribution in [0.3, 0.4) is 0 Å². The normalized spacial score (nSPS) is 11.6. The van der Waals surface area contributed by atoms with Crippen LogP contribution in [0.4, 0.5) is 5.82 Å². The van der Waals surface area contributed by atoms with Crippen molar-refractivity contribution >= 4 is 22.4 Å². The maximum Gasteiger partial charge on any atom is 0.179 e. The molecule has 8 nitrogen and oxygen atoms in total. The van der Waals surface area contributed by atoms with Gasteiger partial charge in [0.25, 0.3) is 0 Å². The molecule has 0 aliphatic rings. The van der Waals surface area contributed by atoms with Crippen molar-refractivity contribution in [3.05, 3.63) is 67.3 Å². The van der Waals surface area contributed by atoms with Crippen LogP contribution in [-0.4, -0.2) is 56.3 Å². The third-order valence-corrected chi connectivity index (χ3v) is 5.16. The Labute approximate surface area is 179 Å². The molecule has 31 heavy (non-hydrogen) atoms. The minimum atomic E-state index is 0.404. The lowest BCUT2D eigenvalue weighted by molar-refractivity contribution is 0.261. The summed E-state index contributed by atoms with van der Waals surface area (Å²) in [4.78, 5) is 10.9. The number of hydrogen-bond donors (Lipinski definition) is 1. The standard InChI is InChI=1S/C23H23N7O/c1-28(2)11-12-31-19-7-5-18(6-8-19)30-21-13-16(3-4-17(21)14-26-30)20-15-29-10-9-25-23(29)22(24)27-20/h3-10,13-15H,11-12H2,1-2H3,(H2,24,27). The summed E-state index contributed by atoms with van der Waals surface area (Å²) in [7, 11) is 4.06. The third kappa shape index (κ3) is 3.69. The summed E-state index contributed by atoms with van der Waals surface area (Å²) in [5, 5.41) is 5.63. The van der Waals surface area contributed by atoms with Crippen molar-refractivity contribution in [2.24, 2.45) is 0 Å². The second kappa shape index (κ2) is 7.73. The quantitative estimate of drug-likeness (QED) is 0.460. The summed E-state index contributed by atoms with van der Waals surface area (Å²) in [6, 6.07) is 14.1. The van der Waals surface area contributed by atoms with Gasteiger partial charge >= 0.3 is 0 Å². The van der Waals surface area contributed by atoms with Crippen LogP contribution < -0.4 is 10.5 Å². The molecule has 0 aliphatic heterocycles. The van der Waals surface area contributed by atoms with Crippen LogP contribution in [0.25, 0.3) is 33.5 Å². The summed E-state index contributed by atoms with van der Waals surface area (Å²) in [5.41, 5.74) is 10.4. The zero-order valence-corrected chi connectivity index (χ0v) is 17.4. The number of nitrogens with zero attached hydrogens (tertiary/aromatic N) is 6. The van der Waals surface area contributed by atoms with Crippen LogP contribution in [0.15, 0.2) is 67.3 Å². The highest BCUT2D eigenvalue weighted by atomic mass is 16.5. The Bertz CT molecular complexity index is 1350. The van der Waals surface area contributed by atoms with E-state index in [0.717, 1.165) is 40.1 Å². The van der Waals surface area contributed by atoms with Crippen molar-refractivity contribution in [1.82, 2.24) is 29.0 Å². The molecular formula is C23H23N7O. The van der Waals surface area contributed by atoms with Gasteiger partial charge in [-0.15, -0.1) is 0 Å². The van der Waals surface area contributed by atoms with Gasteiger partial charge in [0.2, 0.25) is 0 Å². The largest absolute Gasteiger partial charge is 0.492 e. The fraction of sp³-hybridized carbons (Fsp3) is 0.174. The van der Waals surface area contributed by atoms with Crippen molar-refractivity contribution in [3.63, 3.8) is 0 Å². The molecule has 0 saturated carbocycles. The van der Waals surface area contributed by atoms with Crippen LogP contribution in [0, 0.1) is 0 Å². The molecule has 0 atom stereocenters. The van der Waals surface area contributed by atoms with E-state index in [4.69, 9.17) is 10.5 Å². The predicted octanol–water partition coefficient (Wildman–Crippen LogP) is 3.26. The van der Waals surface area contributed by atoms with E-state index in [1.54, 1.807) is 6.20 Å². The molecule has 8 heteroatoms. The highest BCUT2D eigenvalue weighted by Gasteiger charge is 2.10. The average molecular weight is 413 g/mol. The van der Waals surface area contributed by atoms with Crippen molar-refractivity contribution in [2.45, 2.75) is 0 Å². The average Bonchev–Trinajstić information content (AvgIpc) is 3.41. The monoisotopic (exact) mass is 413 g/mol. The molecule has 2 N–H and O–H groups in total. The van der Waals surface area contributed by atoms with Crippen LogP contribution in [0.5, 0.6) is 5.75 Å². The summed E-state index contributed by atoms with van der Waals surface area (Å²) in [5.74, 6) is 1.25. The molecule has 0 unspecified atom stereocenters. The second-order valence-electron chi connectivity index (χ2n) is 7.65. The SMILES string of the molecule is CN(C)CCOc1ccc(-n2ncc3ccc(-c4cn5ccnc5c(N)n4)cc32)cc1. The first-order valence-corrected chi connectivity index (χ1v) is 10.0. The van der Waals surface area contributed by atoms with Gasteiger partial charge in [0.15, 0.2) is 11.5 Å². The molecule has 0 spiro atoms. The number of ether oxygens (including phenoxy) is 1. The van der Waals surface area contributed by atoms with Gasteiger partial charge < -0.3 is 19.8 Å². The maximum atomic E-state index is 6.09. The van der Waals surface area contributed by atoms with Gasteiger partial charge in [-0.3, -0.25) is 0 Å². The number of nitrogen functional groups attached to an aromatic ring is 1. The lowest BCUT2D eigenvalue weighted by Gasteiger charge is -2.11. The third-order valence-electron chi connectivity index (χ3n) is 5.16. The van der Waals surface area contributed by atoms with Crippen molar-refractivity contribution in [3.8, 4) is 22.7 Å². The Kier molecular flexibility index (Phi) is 4.76. The number of rotatable bonds is 6. The van der Waals surface area contributed by atoms with Crippen molar-refractivity contribution < 1.29 is 4.74 Å². The molecule has 156 valence electrons. The number of aromatic nitrogens is 5. The number of anilines is 1. The van der Waals surface area contributed by atoms with E-state index >= 15 is 0 Å². The molecule has 0 fully saturated rings. The molecule has 0 bridgehead atoms. The van der Waals surface area contributed by atoms with Crippen LogP contribution in [0.1, 0.15) is 0 Å². The predicted molar refractivity (Wildman–Crippen MR) is 122 cm³/mol. The smallest absolute Gasteiger partial charge is 0.179 e. The van der Waals surface area contributed by atoms with E-state index in [-0.39, 0.29) is 0 Å². The highest BCUT2D eigenvalue weighted by molar-refractivity contribution is 5.85. The van der Waals surface area contributed by atoms with Gasteiger partial charge in [0, 0.05) is 36.1 Å². The summed E-state index contributed by atoms with van der Waals surface area (Å²) in [6.07, 6.45) is 7.37. The molecule has 0 aliphatic carbocycles. The topological polar surface area (TPSA) is 86.5 Å². The summed E-state index contributed by atoms with van der Waals surface area (Å²) < 4.78 is 9.60. The molecular weight excluding hydrogens is 390 g/mol. The zero-order chi connectivity index (χ0) is 21.4. The minimum absolute atomic E-state index is 0.404. The number of fused-ring (bicyclic) bond motifs is 2. The number of benzene rings is 2. The Balaban J connectivity index is 1.47. The lowest BCUT2D eigenvalue weighted by atomic mass is 10.1. The Morgan fingerprint density at radius 3 is 2.74 bits per heavy atom. The van der Waals surface area contributed by atoms with E-state index in [1.807, 2.05) is 78.2 Å². The number of nitrogens with two attached hydrogens (primary N) is 1. The molecule has 3 heterocycles. The molecule has 3 aromatic heterocycles. The molecule has 0 radical (unpaired) electrons. The Morgan fingerprint density at radius 1 is 1.10 bits per heavy atom. The number of hydrogen-bond acceptors (Lipinski definition) is 6. The molecule has 0 saturated heterocycles. The Hall–Kier alpha value is -3.91. The minimum Gasteiger partial charge on any atom is -0.492 e. The molecule has 5 aromatic rings. The maximum absolute atomic E-state index is 6.09. The van der Waals surface area contributed by atoms with E-state index in [2.05, 4.69) is 26.0 Å². The lowest BCUT2D eigenvalue weighted by Crippen LogP contribution is -2.19. The van der Waals surface area contributed by atoms with Crippen molar-refractivity contribution in [1.29, 1.82) is 0 Å². The first kappa shape index (κ1) is 19.1. The summed E-state index contributed by atoms with van der Waals surface area (Å²) >= 11 is 0. The van der Waals surface area contributed by atoms with Gasteiger partial charge in [-0.25, -0.2) is 14.6 Å². The zero-order valence-electron chi connectivity index (χ0n) is 17.4. The van der Waals surface area contributed by atoms with Crippen LogP contribution in [-0.2, 0) is 0 Å². The first-order valence-electron chi connectivity index (χ1n) is 10.0. The highest BCUT2D eigenvalue weighted by Crippen LogP contribution is 2.27. The van der Waals surface area contributed by atoms with E-state index in [0.29, 0.717) is 18.1 Å². The van der Waals surface area contributed by atoms with Crippen LogP contribution in [0.2, 0.25) is 0 Å². The van der Waals surface area contributed by atoms with Gasteiger partial charge in [-0.2, -0.15) is 5.10 Å². The summed E-state index contributed by atoms with van der Waals surface area (Å²) in [6.45, 7) is 1.52. The Morgan fingerprint density at radius 2 is 1.94 bits per heavy atom. The molecule has 0 amide bonds. The van der Waals surface area contributed by atoms with E-state index in [1.165, 1.54) is 0 Å². The molecule has 2 aromatic carbocycles. The number of likely N-dealkylation sites (N-methyl/N-ethyl adjacent to an activating group) is 1. The van der Waals surface area contributed by atoms with E-state index in [9.17, 15) is 0 Å². The van der Waals surface area contributed by atoms with Gasteiger partial charge in [0.1, 0.15) is 12.4 Å². The van der Waals surface area contributed by atoms with Crippen LogP contribution >= 0.6 is 0 Å². The van der Waals surface area contributed by atoms with Gasteiger partial charge in [-0.1, -0.05) is 12.1 Å². The fourth-order valence-corrected chi connectivity index (χ4v) is 3.51. The fourth-order valence-electron chi connectivity index (χ4n) is 3.51. The first-order chi connectivity index (χ1) is 15.1.